The molecule has 0 aliphatic heterocycles. The number of nitrogens with one attached hydrogen (secondary N) is 1. The van der Waals surface area contributed by atoms with E-state index in [0.717, 1.165) is 24.6 Å². The van der Waals surface area contributed by atoms with E-state index in [4.69, 9.17) is 4.98 Å². The summed E-state index contributed by atoms with van der Waals surface area (Å²) in [6.45, 7) is 4.11. The van der Waals surface area contributed by atoms with E-state index in [0.29, 0.717) is 5.92 Å². The lowest BCUT2D eigenvalue weighted by atomic mass is 9.88. The van der Waals surface area contributed by atoms with Crippen LogP contribution in [0.4, 0.5) is 0 Å². The van der Waals surface area contributed by atoms with E-state index < -0.39 is 0 Å². The zero-order valence-corrected chi connectivity index (χ0v) is 10.8. The molecule has 3 nitrogen and oxygen atoms in total. The Hall–Kier alpha value is -0.960. The molecule has 1 heterocycles. The number of hydrogen-bond donors (Lipinski definition) is 1. The van der Waals surface area contributed by atoms with Gasteiger partial charge in [-0.3, -0.25) is 0 Å². The molecule has 94 valence electrons. The average Bonchev–Trinajstić information content (AvgIpc) is 2.41. The van der Waals surface area contributed by atoms with Crippen LogP contribution >= 0.6 is 0 Å². The van der Waals surface area contributed by atoms with Gasteiger partial charge in [-0.25, -0.2) is 9.97 Å². The molecule has 2 rings (SSSR count). The van der Waals surface area contributed by atoms with Gasteiger partial charge in [0.1, 0.15) is 5.82 Å². The van der Waals surface area contributed by atoms with Gasteiger partial charge in [-0.1, -0.05) is 26.2 Å². The zero-order valence-electron chi connectivity index (χ0n) is 10.8. The average molecular weight is 233 g/mol. The summed E-state index contributed by atoms with van der Waals surface area (Å²) in [5, 5.41) is 3.39. The Bertz CT molecular complexity index is 332. The van der Waals surface area contributed by atoms with Crippen molar-refractivity contribution in [2.45, 2.75) is 57.9 Å². The highest BCUT2D eigenvalue weighted by Crippen LogP contribution is 2.30. The molecule has 0 unspecified atom stereocenters. The fourth-order valence-corrected chi connectivity index (χ4v) is 2.46. The molecule has 1 aromatic rings. The number of nitrogens with zero attached hydrogens (tertiary/aromatic N) is 2. The maximum atomic E-state index is 4.69. The quantitative estimate of drug-likeness (QED) is 0.794. The summed E-state index contributed by atoms with van der Waals surface area (Å²) in [5.74, 6) is 1.68. The van der Waals surface area contributed by atoms with E-state index in [1.165, 1.54) is 38.5 Å². The smallest absolute Gasteiger partial charge is 0.131 e. The zero-order chi connectivity index (χ0) is 11.9. The molecule has 0 saturated heterocycles. The van der Waals surface area contributed by atoms with Gasteiger partial charge in [-0.15, -0.1) is 0 Å². The Balaban J connectivity index is 1.95. The van der Waals surface area contributed by atoms with Crippen LogP contribution in [0.2, 0.25) is 0 Å². The minimum Gasteiger partial charge on any atom is -0.311 e. The predicted molar refractivity (Wildman–Crippen MR) is 69.9 cm³/mol. The highest BCUT2D eigenvalue weighted by molar-refractivity contribution is 5.06. The van der Waals surface area contributed by atoms with Crippen LogP contribution < -0.4 is 5.32 Å². The van der Waals surface area contributed by atoms with Crippen LogP contribution in [0.1, 0.15) is 62.9 Å². The summed E-state index contributed by atoms with van der Waals surface area (Å²) in [5.41, 5.74) is 1.13. The maximum absolute atomic E-state index is 4.69. The van der Waals surface area contributed by atoms with E-state index in [2.05, 4.69) is 17.2 Å². The van der Waals surface area contributed by atoms with Crippen molar-refractivity contribution >= 4 is 0 Å². The monoisotopic (exact) mass is 233 g/mol. The van der Waals surface area contributed by atoms with E-state index in [-0.39, 0.29) is 0 Å². The first-order valence-corrected chi connectivity index (χ1v) is 6.92. The Morgan fingerprint density at radius 1 is 1.29 bits per heavy atom. The number of rotatable bonds is 5. The molecule has 0 atom stereocenters. The summed E-state index contributed by atoms with van der Waals surface area (Å²) >= 11 is 0. The first kappa shape index (κ1) is 12.5. The van der Waals surface area contributed by atoms with Crippen LogP contribution in [0.3, 0.4) is 0 Å². The van der Waals surface area contributed by atoms with Crippen molar-refractivity contribution in [1.29, 1.82) is 0 Å². The van der Waals surface area contributed by atoms with Crippen molar-refractivity contribution in [3.8, 4) is 0 Å². The van der Waals surface area contributed by atoms with Crippen molar-refractivity contribution in [3.63, 3.8) is 0 Å². The van der Waals surface area contributed by atoms with Crippen LogP contribution in [0.25, 0.3) is 0 Å². The molecular weight excluding hydrogens is 210 g/mol. The third-order valence-corrected chi connectivity index (χ3v) is 3.44. The molecule has 17 heavy (non-hydrogen) atoms. The first-order valence-electron chi connectivity index (χ1n) is 6.92. The van der Waals surface area contributed by atoms with E-state index >= 15 is 0 Å². The second kappa shape index (κ2) is 6.70. The molecule has 0 bridgehead atoms. The van der Waals surface area contributed by atoms with E-state index in [9.17, 15) is 0 Å². The fraction of sp³-hybridized carbons (Fsp3) is 0.714. The second-order valence-corrected chi connectivity index (χ2v) is 4.92. The third-order valence-electron chi connectivity index (χ3n) is 3.44. The third kappa shape index (κ3) is 3.77. The molecule has 0 radical (unpaired) electrons. The van der Waals surface area contributed by atoms with E-state index in [1.807, 2.05) is 12.3 Å². The first-order chi connectivity index (χ1) is 8.40. The van der Waals surface area contributed by atoms with Crippen molar-refractivity contribution < 1.29 is 0 Å². The molecule has 1 fully saturated rings. The van der Waals surface area contributed by atoms with Crippen molar-refractivity contribution in [3.05, 3.63) is 23.8 Å². The molecule has 1 aromatic heterocycles. The molecule has 3 heteroatoms. The van der Waals surface area contributed by atoms with Gasteiger partial charge in [0.2, 0.25) is 0 Å². The second-order valence-electron chi connectivity index (χ2n) is 4.92. The van der Waals surface area contributed by atoms with E-state index in [1.54, 1.807) is 0 Å². The van der Waals surface area contributed by atoms with Gasteiger partial charge in [0, 0.05) is 18.7 Å². The topological polar surface area (TPSA) is 37.8 Å². The van der Waals surface area contributed by atoms with Gasteiger partial charge in [-0.05, 0) is 31.9 Å². The largest absolute Gasteiger partial charge is 0.311 e. The van der Waals surface area contributed by atoms with Gasteiger partial charge in [-0.2, -0.15) is 0 Å². The molecular formula is C14H23N3. The highest BCUT2D eigenvalue weighted by atomic mass is 14.9. The van der Waals surface area contributed by atoms with Crippen molar-refractivity contribution in [2.75, 3.05) is 6.54 Å². The van der Waals surface area contributed by atoms with Gasteiger partial charge in [0.15, 0.2) is 0 Å². The summed E-state index contributed by atoms with van der Waals surface area (Å²) in [6, 6.07) is 2.02. The van der Waals surface area contributed by atoms with Crippen molar-refractivity contribution in [2.24, 2.45) is 0 Å². The lowest BCUT2D eigenvalue weighted by Crippen LogP contribution is -2.16. The molecule has 0 amide bonds. The van der Waals surface area contributed by atoms with Gasteiger partial charge in [0.05, 0.1) is 5.69 Å². The molecule has 1 N–H and O–H groups in total. The summed E-state index contributed by atoms with van der Waals surface area (Å²) in [7, 11) is 0. The number of aromatic nitrogens is 2. The molecule has 0 spiro atoms. The summed E-state index contributed by atoms with van der Waals surface area (Å²) in [6.07, 6.45) is 9.69. The highest BCUT2D eigenvalue weighted by Gasteiger charge is 2.17. The van der Waals surface area contributed by atoms with Gasteiger partial charge >= 0.3 is 0 Å². The van der Waals surface area contributed by atoms with Crippen LogP contribution in [-0.4, -0.2) is 16.5 Å². The maximum Gasteiger partial charge on any atom is 0.131 e. The van der Waals surface area contributed by atoms with Crippen molar-refractivity contribution in [1.82, 2.24) is 15.3 Å². The Kier molecular flexibility index (Phi) is 4.92. The molecule has 0 aromatic carbocycles. The normalized spacial score (nSPS) is 17.2. The van der Waals surface area contributed by atoms with Crippen LogP contribution in [0, 0.1) is 0 Å². The lowest BCUT2D eigenvalue weighted by molar-refractivity contribution is 0.427. The predicted octanol–water partition coefficient (Wildman–Crippen LogP) is 3.02. The SMILES string of the molecule is CCCNCc1ccnc(C2CCCCC2)n1. The standard InChI is InChI=1S/C14H23N3/c1-2-9-15-11-13-8-10-16-14(17-13)12-6-4-3-5-7-12/h8,10,12,15H,2-7,9,11H2,1H3. The lowest BCUT2D eigenvalue weighted by Gasteiger charge is -2.20. The van der Waals surface area contributed by atoms with Gasteiger partial charge < -0.3 is 5.32 Å². The Morgan fingerprint density at radius 2 is 2.12 bits per heavy atom. The Morgan fingerprint density at radius 3 is 2.88 bits per heavy atom. The van der Waals surface area contributed by atoms with Crippen LogP contribution in [0.15, 0.2) is 12.3 Å². The Labute approximate surface area is 104 Å². The van der Waals surface area contributed by atoms with Crippen LogP contribution in [0.5, 0.6) is 0 Å². The van der Waals surface area contributed by atoms with Crippen LogP contribution in [-0.2, 0) is 6.54 Å². The molecule has 1 saturated carbocycles. The minimum absolute atomic E-state index is 0.606. The fourth-order valence-electron chi connectivity index (χ4n) is 2.46. The van der Waals surface area contributed by atoms with Gasteiger partial charge in [0.25, 0.3) is 0 Å². The minimum atomic E-state index is 0.606. The number of hydrogen-bond acceptors (Lipinski definition) is 3. The summed E-state index contributed by atoms with van der Waals surface area (Å²) in [4.78, 5) is 9.15. The molecule has 1 aliphatic carbocycles. The summed E-state index contributed by atoms with van der Waals surface area (Å²) < 4.78 is 0. The molecule has 1 aliphatic rings.